The molecule has 2 amide bonds. The molecule has 1 aromatic carbocycles. The van der Waals surface area contributed by atoms with Crippen LogP contribution in [-0.2, 0) is 4.79 Å². The molecule has 3 rings (SSSR count). The summed E-state index contributed by atoms with van der Waals surface area (Å²) in [4.78, 5) is 28.3. The second-order valence-corrected chi connectivity index (χ2v) is 8.10. The lowest BCUT2D eigenvalue weighted by Crippen LogP contribution is -2.52. The average molecular weight is 405 g/mol. The average Bonchev–Trinajstić information content (AvgIpc) is 2.89. The van der Waals surface area contributed by atoms with Gasteiger partial charge in [0.25, 0.3) is 11.8 Å². The molecule has 2 fully saturated rings. The molecule has 8 heteroatoms. The Kier molecular flexibility index (Phi) is 7.46. The maximum Gasteiger partial charge on any atom is 0.255 e. The zero-order valence-corrected chi connectivity index (χ0v) is 17.0. The first-order chi connectivity index (χ1) is 13.9. The van der Waals surface area contributed by atoms with E-state index in [1.807, 2.05) is 0 Å². The molecule has 0 aromatic heterocycles. The lowest BCUT2D eigenvalue weighted by molar-refractivity contribution is -0.119. The van der Waals surface area contributed by atoms with Gasteiger partial charge in [-0.25, -0.2) is 0 Å². The summed E-state index contributed by atoms with van der Waals surface area (Å²) in [6, 6.07) is 6.76. The summed E-state index contributed by atoms with van der Waals surface area (Å²) in [6.45, 7) is 3.60. The molecule has 4 N–H and O–H groups in total. The van der Waals surface area contributed by atoms with E-state index in [4.69, 9.17) is 10.5 Å². The smallest absolute Gasteiger partial charge is 0.255 e. The fraction of sp³-hybridized carbons (Fsp3) is 0.619. The highest BCUT2D eigenvalue weighted by atomic mass is 16.5. The summed E-state index contributed by atoms with van der Waals surface area (Å²) >= 11 is 0. The number of nitrogens with zero attached hydrogens (tertiary/aromatic N) is 2. The molecule has 1 aromatic rings. The molecular weight excluding hydrogens is 372 g/mol. The quantitative estimate of drug-likeness (QED) is 0.625. The van der Waals surface area contributed by atoms with Crippen LogP contribution in [0.2, 0.25) is 0 Å². The third kappa shape index (κ3) is 6.16. The van der Waals surface area contributed by atoms with E-state index in [0.29, 0.717) is 30.3 Å². The summed E-state index contributed by atoms with van der Waals surface area (Å²) in [5.74, 6) is -0.299. The first-order valence-electron chi connectivity index (χ1n) is 10.3. The second-order valence-electron chi connectivity index (χ2n) is 8.10. The summed E-state index contributed by atoms with van der Waals surface area (Å²) in [5.41, 5.74) is 5.55. The summed E-state index contributed by atoms with van der Waals surface area (Å²) in [5, 5.41) is 13.6. The summed E-state index contributed by atoms with van der Waals surface area (Å²) < 4.78 is 5.22. The van der Waals surface area contributed by atoms with Crippen LogP contribution in [0.15, 0.2) is 24.3 Å². The number of hydrogen-bond acceptors (Lipinski definition) is 6. The van der Waals surface area contributed by atoms with E-state index in [0.717, 1.165) is 38.9 Å². The van der Waals surface area contributed by atoms with Crippen LogP contribution in [-0.4, -0.2) is 84.7 Å². The molecule has 2 unspecified atom stereocenters. The molecule has 2 atom stereocenters. The zero-order valence-electron chi connectivity index (χ0n) is 17.0. The number of primary amides is 1. The molecule has 8 nitrogen and oxygen atoms in total. The van der Waals surface area contributed by atoms with Gasteiger partial charge in [-0.2, -0.15) is 0 Å². The van der Waals surface area contributed by atoms with E-state index in [1.54, 1.807) is 24.3 Å². The molecule has 0 bridgehead atoms. The Labute approximate surface area is 172 Å². The van der Waals surface area contributed by atoms with E-state index in [1.165, 1.54) is 0 Å². The Morgan fingerprint density at radius 1 is 1.17 bits per heavy atom. The molecule has 0 aliphatic carbocycles. The molecule has 2 heterocycles. The molecular formula is C21H32N4O4. The lowest BCUT2D eigenvalue weighted by Gasteiger charge is -2.38. The minimum Gasteiger partial charge on any atom is -0.484 e. The van der Waals surface area contributed by atoms with Gasteiger partial charge in [0.15, 0.2) is 6.61 Å². The van der Waals surface area contributed by atoms with Crippen LogP contribution in [0.1, 0.15) is 36.0 Å². The SMILES string of the molecule is CN1CCC(N2CCCC(O)C(NC(=O)c3ccc(OCC(N)=O)cc3)C2)CC1. The monoisotopic (exact) mass is 404 g/mol. The van der Waals surface area contributed by atoms with Crippen LogP contribution >= 0.6 is 0 Å². The highest BCUT2D eigenvalue weighted by molar-refractivity contribution is 5.94. The fourth-order valence-corrected chi connectivity index (χ4v) is 4.11. The van der Waals surface area contributed by atoms with Crippen molar-refractivity contribution in [1.82, 2.24) is 15.1 Å². The van der Waals surface area contributed by atoms with Gasteiger partial charge in [-0.15, -0.1) is 0 Å². The van der Waals surface area contributed by atoms with Crippen molar-refractivity contribution in [3.8, 4) is 5.75 Å². The van der Waals surface area contributed by atoms with Crippen molar-refractivity contribution in [3.05, 3.63) is 29.8 Å². The van der Waals surface area contributed by atoms with Gasteiger partial charge in [0, 0.05) is 18.2 Å². The number of rotatable bonds is 6. The standard InChI is InChI=1S/C21H32N4O4/c1-24-11-8-16(9-12-24)25-10-2-3-19(26)18(13-25)23-21(28)15-4-6-17(7-5-15)29-14-20(22)27/h4-7,16,18-19,26H,2-3,8-14H2,1H3,(H2,22,27)(H,23,28). The normalized spacial score (nSPS) is 24.6. The van der Waals surface area contributed by atoms with Crippen LogP contribution in [0.5, 0.6) is 5.75 Å². The molecule has 0 radical (unpaired) electrons. The molecule has 0 saturated carbocycles. The molecule has 2 aliphatic rings. The molecule has 2 saturated heterocycles. The highest BCUT2D eigenvalue weighted by Gasteiger charge is 2.31. The van der Waals surface area contributed by atoms with E-state index < -0.39 is 12.0 Å². The van der Waals surface area contributed by atoms with Crippen molar-refractivity contribution in [2.45, 2.75) is 43.9 Å². The number of carbonyl (C=O) groups excluding carboxylic acids is 2. The molecule has 0 spiro atoms. The number of likely N-dealkylation sites (tertiary alicyclic amines) is 2. The van der Waals surface area contributed by atoms with Gasteiger partial charge in [0.2, 0.25) is 0 Å². The summed E-state index contributed by atoms with van der Waals surface area (Å²) in [7, 11) is 2.15. The predicted molar refractivity (Wildman–Crippen MR) is 110 cm³/mol. The Morgan fingerprint density at radius 3 is 2.52 bits per heavy atom. The van der Waals surface area contributed by atoms with Gasteiger partial charge < -0.3 is 25.8 Å². The van der Waals surface area contributed by atoms with Crippen molar-refractivity contribution in [2.24, 2.45) is 5.73 Å². The van der Waals surface area contributed by atoms with Crippen molar-refractivity contribution >= 4 is 11.8 Å². The van der Waals surface area contributed by atoms with Crippen LogP contribution in [0.3, 0.4) is 0 Å². The number of piperidine rings is 1. The van der Waals surface area contributed by atoms with Crippen molar-refractivity contribution < 1.29 is 19.4 Å². The van der Waals surface area contributed by atoms with Gasteiger partial charge in [-0.3, -0.25) is 14.5 Å². The van der Waals surface area contributed by atoms with Crippen LogP contribution in [0.4, 0.5) is 0 Å². The van der Waals surface area contributed by atoms with Gasteiger partial charge in [0.1, 0.15) is 5.75 Å². The maximum absolute atomic E-state index is 12.7. The van der Waals surface area contributed by atoms with Crippen LogP contribution < -0.4 is 15.8 Å². The van der Waals surface area contributed by atoms with E-state index in [9.17, 15) is 14.7 Å². The number of hydrogen-bond donors (Lipinski definition) is 3. The first-order valence-corrected chi connectivity index (χ1v) is 10.3. The fourth-order valence-electron chi connectivity index (χ4n) is 4.11. The molecule has 2 aliphatic heterocycles. The summed E-state index contributed by atoms with van der Waals surface area (Å²) in [6.07, 6.45) is 3.33. The number of ether oxygens (including phenoxy) is 1. The largest absolute Gasteiger partial charge is 0.484 e. The molecule has 160 valence electrons. The Morgan fingerprint density at radius 2 is 1.86 bits per heavy atom. The van der Waals surface area contributed by atoms with Gasteiger partial charge >= 0.3 is 0 Å². The van der Waals surface area contributed by atoms with Crippen molar-refractivity contribution in [3.63, 3.8) is 0 Å². The minimum atomic E-state index is -0.552. The minimum absolute atomic E-state index is 0.202. The first kappa shape index (κ1) is 21.5. The molecule has 29 heavy (non-hydrogen) atoms. The van der Waals surface area contributed by atoms with E-state index in [-0.39, 0.29) is 18.6 Å². The van der Waals surface area contributed by atoms with Crippen molar-refractivity contribution in [2.75, 3.05) is 39.8 Å². The van der Waals surface area contributed by atoms with Crippen LogP contribution in [0, 0.1) is 0 Å². The van der Waals surface area contributed by atoms with Crippen LogP contribution in [0.25, 0.3) is 0 Å². The lowest BCUT2D eigenvalue weighted by atomic mass is 10.0. The number of carbonyl (C=O) groups is 2. The van der Waals surface area contributed by atoms with Gasteiger partial charge in [0.05, 0.1) is 12.1 Å². The number of amides is 2. The third-order valence-electron chi connectivity index (χ3n) is 5.86. The Bertz CT molecular complexity index is 688. The zero-order chi connectivity index (χ0) is 20.8. The Balaban J connectivity index is 1.59. The third-order valence-corrected chi connectivity index (χ3v) is 5.86. The number of aliphatic hydroxyl groups excluding tert-OH is 1. The number of aliphatic hydroxyl groups is 1. The predicted octanol–water partition coefficient (Wildman–Crippen LogP) is 0.200. The maximum atomic E-state index is 12.7. The van der Waals surface area contributed by atoms with E-state index >= 15 is 0 Å². The number of nitrogens with two attached hydrogens (primary N) is 1. The highest BCUT2D eigenvalue weighted by Crippen LogP contribution is 2.21. The van der Waals surface area contributed by atoms with Crippen molar-refractivity contribution in [1.29, 1.82) is 0 Å². The van der Waals surface area contributed by atoms with Gasteiger partial charge in [-0.1, -0.05) is 0 Å². The van der Waals surface area contributed by atoms with E-state index in [2.05, 4.69) is 22.2 Å². The Hall–Kier alpha value is -2.16. The second kappa shape index (κ2) is 10.0. The number of benzene rings is 1. The number of nitrogens with one attached hydrogen (secondary N) is 1. The van der Waals surface area contributed by atoms with Gasteiger partial charge in [-0.05, 0) is 76.6 Å². The topological polar surface area (TPSA) is 108 Å².